The third kappa shape index (κ3) is 2.45. The van der Waals surface area contributed by atoms with Crippen LogP contribution in [0, 0.1) is 12.7 Å². The summed E-state index contributed by atoms with van der Waals surface area (Å²) in [6.45, 7) is 2.45. The molecule has 1 nitrogen and oxygen atoms in total. The maximum absolute atomic E-state index is 13.4. The summed E-state index contributed by atoms with van der Waals surface area (Å²) in [6.07, 6.45) is 0.880. The highest BCUT2D eigenvalue weighted by Crippen LogP contribution is 2.42. The zero-order chi connectivity index (χ0) is 14.3. The van der Waals surface area contributed by atoms with Gasteiger partial charge in [0.05, 0.1) is 11.4 Å². The zero-order valence-electron chi connectivity index (χ0n) is 10.9. The monoisotopic (exact) mass is 354 g/mol. The Labute approximate surface area is 130 Å². The maximum Gasteiger partial charge on any atom is 0.127 e. The number of hydrogen-bond acceptors (Lipinski definition) is 1. The van der Waals surface area contributed by atoms with Gasteiger partial charge in [-0.15, -0.1) is 0 Å². The molecule has 0 spiro atoms. The minimum absolute atomic E-state index is 0.0626. The Balaban J connectivity index is 2.06. The van der Waals surface area contributed by atoms with Crippen LogP contribution in [0.4, 0.5) is 4.39 Å². The van der Waals surface area contributed by atoms with Crippen LogP contribution in [0.15, 0.2) is 30.3 Å². The summed E-state index contributed by atoms with van der Waals surface area (Å²) in [5.74, 6) is 0.708. The van der Waals surface area contributed by atoms with Crippen molar-refractivity contribution in [2.45, 2.75) is 18.2 Å². The largest absolute Gasteiger partial charge is 0.493 e. The topological polar surface area (TPSA) is 9.23 Å². The second-order valence-corrected chi connectivity index (χ2v) is 6.31. The summed E-state index contributed by atoms with van der Waals surface area (Å²) < 4.78 is 19.1. The van der Waals surface area contributed by atoms with Crippen LogP contribution in [0.3, 0.4) is 0 Å². The van der Waals surface area contributed by atoms with Crippen LogP contribution in [-0.4, -0.2) is 6.61 Å². The van der Waals surface area contributed by atoms with Crippen LogP contribution in [0.1, 0.15) is 27.1 Å². The number of benzene rings is 2. The van der Waals surface area contributed by atoms with E-state index >= 15 is 0 Å². The first-order valence-corrected chi connectivity index (χ1v) is 7.71. The molecule has 0 aliphatic carbocycles. The molecule has 0 bridgehead atoms. The van der Waals surface area contributed by atoms with E-state index in [2.05, 4.69) is 15.9 Å². The van der Waals surface area contributed by atoms with Gasteiger partial charge in [-0.1, -0.05) is 39.7 Å². The van der Waals surface area contributed by atoms with E-state index in [1.807, 2.05) is 18.2 Å². The predicted octanol–water partition coefficient (Wildman–Crippen LogP) is 5.21. The fraction of sp³-hybridized carbons (Fsp3) is 0.250. The molecule has 2 aromatic carbocycles. The maximum atomic E-state index is 13.4. The first-order valence-electron chi connectivity index (χ1n) is 6.41. The summed E-state index contributed by atoms with van der Waals surface area (Å²) in [5, 5.41) is 0.701. The van der Waals surface area contributed by atoms with Crippen LogP contribution in [0.2, 0.25) is 5.02 Å². The Morgan fingerprint density at radius 1 is 1.30 bits per heavy atom. The Bertz CT molecular complexity index is 672. The molecule has 1 heterocycles. The van der Waals surface area contributed by atoms with E-state index < -0.39 is 0 Å². The second kappa shape index (κ2) is 5.38. The van der Waals surface area contributed by atoms with Gasteiger partial charge >= 0.3 is 0 Å². The molecule has 0 N–H and O–H groups in total. The molecule has 0 saturated heterocycles. The van der Waals surface area contributed by atoms with Gasteiger partial charge in [0.15, 0.2) is 0 Å². The van der Waals surface area contributed by atoms with Crippen LogP contribution < -0.4 is 4.74 Å². The van der Waals surface area contributed by atoms with Gasteiger partial charge in [-0.3, -0.25) is 0 Å². The van der Waals surface area contributed by atoms with Crippen molar-refractivity contribution in [3.05, 3.63) is 63.4 Å². The lowest BCUT2D eigenvalue weighted by Gasteiger charge is -2.16. The average Bonchev–Trinajstić information content (AvgIpc) is 2.88. The number of halogens is 3. The number of alkyl halides is 1. The second-order valence-electron chi connectivity index (χ2n) is 4.95. The molecule has 1 unspecified atom stereocenters. The third-order valence-electron chi connectivity index (χ3n) is 3.52. The molecule has 1 aliphatic rings. The molecule has 20 heavy (non-hydrogen) atoms. The van der Waals surface area contributed by atoms with Gasteiger partial charge in [-0.05, 0) is 41.8 Å². The molecule has 0 aromatic heterocycles. The lowest BCUT2D eigenvalue weighted by atomic mass is 9.99. The van der Waals surface area contributed by atoms with Crippen LogP contribution in [-0.2, 0) is 6.42 Å². The standard InChI is InChI=1S/C16H13BrClFO/c1-9-6-10(2-3-14(9)19)15(17)13-8-12(18)7-11-4-5-20-16(11)13/h2-3,6-8,15H,4-5H2,1H3. The normalized spacial score (nSPS) is 14.8. The van der Waals surface area contributed by atoms with Gasteiger partial charge in [-0.2, -0.15) is 0 Å². The summed E-state index contributed by atoms with van der Waals surface area (Å²) in [5.41, 5.74) is 3.75. The van der Waals surface area contributed by atoms with Crippen LogP contribution >= 0.6 is 27.5 Å². The van der Waals surface area contributed by atoms with Crippen molar-refractivity contribution in [2.75, 3.05) is 6.61 Å². The Morgan fingerprint density at radius 3 is 2.85 bits per heavy atom. The van der Waals surface area contributed by atoms with Gasteiger partial charge in [0, 0.05) is 17.0 Å². The summed E-state index contributed by atoms with van der Waals surface area (Å²) >= 11 is 9.86. The van der Waals surface area contributed by atoms with E-state index in [4.69, 9.17) is 16.3 Å². The van der Waals surface area contributed by atoms with E-state index in [0.717, 1.165) is 28.9 Å². The molecule has 0 fully saturated rings. The van der Waals surface area contributed by atoms with E-state index in [1.165, 1.54) is 6.07 Å². The van der Waals surface area contributed by atoms with Crippen molar-refractivity contribution >= 4 is 27.5 Å². The van der Waals surface area contributed by atoms with Gasteiger partial charge in [-0.25, -0.2) is 4.39 Å². The molecule has 3 rings (SSSR count). The highest BCUT2D eigenvalue weighted by molar-refractivity contribution is 9.09. The van der Waals surface area contributed by atoms with Gasteiger partial charge < -0.3 is 4.74 Å². The van der Waals surface area contributed by atoms with Crippen molar-refractivity contribution in [2.24, 2.45) is 0 Å². The Morgan fingerprint density at radius 2 is 2.10 bits per heavy atom. The first kappa shape index (κ1) is 13.9. The van der Waals surface area contributed by atoms with E-state index in [1.54, 1.807) is 13.0 Å². The number of aryl methyl sites for hydroxylation is 1. The zero-order valence-corrected chi connectivity index (χ0v) is 13.3. The van der Waals surface area contributed by atoms with Gasteiger partial charge in [0.1, 0.15) is 11.6 Å². The molecule has 2 aromatic rings. The Hall–Kier alpha value is -1.06. The molecule has 4 heteroatoms. The third-order valence-corrected chi connectivity index (χ3v) is 4.76. The number of fused-ring (bicyclic) bond motifs is 1. The SMILES string of the molecule is Cc1cc(C(Br)c2cc(Cl)cc3c2OCC3)ccc1F. The first-order chi connectivity index (χ1) is 9.56. The summed E-state index contributed by atoms with van der Waals surface area (Å²) in [6, 6.07) is 8.97. The van der Waals surface area contributed by atoms with E-state index in [9.17, 15) is 4.39 Å². The van der Waals surface area contributed by atoms with Crippen molar-refractivity contribution in [1.29, 1.82) is 0 Å². The van der Waals surface area contributed by atoms with Crippen molar-refractivity contribution in [3.63, 3.8) is 0 Å². The van der Waals surface area contributed by atoms with Gasteiger partial charge in [0.25, 0.3) is 0 Å². The van der Waals surface area contributed by atoms with Gasteiger partial charge in [0.2, 0.25) is 0 Å². The highest BCUT2D eigenvalue weighted by atomic mass is 79.9. The van der Waals surface area contributed by atoms with Crippen molar-refractivity contribution in [1.82, 2.24) is 0 Å². The van der Waals surface area contributed by atoms with Crippen molar-refractivity contribution < 1.29 is 9.13 Å². The fourth-order valence-electron chi connectivity index (χ4n) is 2.49. The molecular formula is C16H13BrClFO. The average molecular weight is 356 g/mol. The number of ether oxygens (including phenoxy) is 1. The van der Waals surface area contributed by atoms with Crippen LogP contribution in [0.25, 0.3) is 0 Å². The molecule has 0 radical (unpaired) electrons. The quantitative estimate of drug-likeness (QED) is 0.672. The molecule has 0 saturated carbocycles. The van der Waals surface area contributed by atoms with Crippen molar-refractivity contribution in [3.8, 4) is 5.75 Å². The predicted molar refractivity (Wildman–Crippen MR) is 82.6 cm³/mol. The van der Waals surface area contributed by atoms with E-state index in [-0.39, 0.29) is 10.6 Å². The fourth-order valence-corrected chi connectivity index (χ4v) is 3.37. The lowest BCUT2D eigenvalue weighted by Crippen LogP contribution is -1.98. The molecule has 0 amide bonds. The lowest BCUT2D eigenvalue weighted by molar-refractivity contribution is 0.354. The summed E-state index contributed by atoms with van der Waals surface area (Å²) in [4.78, 5) is -0.0626. The smallest absolute Gasteiger partial charge is 0.127 e. The minimum atomic E-state index is -0.193. The minimum Gasteiger partial charge on any atom is -0.493 e. The Kier molecular flexibility index (Phi) is 3.74. The number of hydrogen-bond donors (Lipinski definition) is 0. The summed E-state index contributed by atoms with van der Waals surface area (Å²) in [7, 11) is 0. The number of rotatable bonds is 2. The molecular weight excluding hydrogens is 343 g/mol. The van der Waals surface area contributed by atoms with Crippen LogP contribution in [0.5, 0.6) is 5.75 Å². The highest BCUT2D eigenvalue weighted by Gasteiger charge is 2.23. The molecule has 104 valence electrons. The molecule has 1 atom stereocenters. The van der Waals surface area contributed by atoms with E-state index in [0.29, 0.717) is 17.2 Å². The molecule has 1 aliphatic heterocycles.